The second-order valence-electron chi connectivity index (χ2n) is 8.69. The van der Waals surface area contributed by atoms with Gasteiger partial charge in [0.15, 0.2) is 0 Å². The van der Waals surface area contributed by atoms with Crippen molar-refractivity contribution in [3.63, 3.8) is 0 Å². The second kappa shape index (κ2) is 10.8. The molecule has 0 spiro atoms. The quantitative estimate of drug-likeness (QED) is 0.262. The molecule has 0 unspecified atom stereocenters. The van der Waals surface area contributed by atoms with E-state index in [1.165, 1.54) is 12.1 Å². The molecule has 5 aromatic rings. The Labute approximate surface area is 220 Å². The highest BCUT2D eigenvalue weighted by atomic mass is 32.2. The van der Waals surface area contributed by atoms with Crippen molar-refractivity contribution in [1.29, 1.82) is 0 Å². The molecule has 38 heavy (non-hydrogen) atoms. The van der Waals surface area contributed by atoms with E-state index in [-0.39, 0.29) is 16.4 Å². The Morgan fingerprint density at radius 2 is 1.50 bits per heavy atom. The van der Waals surface area contributed by atoms with Gasteiger partial charge >= 0.3 is 0 Å². The Hall–Kier alpha value is -4.60. The third kappa shape index (κ3) is 5.54. The predicted octanol–water partition coefficient (Wildman–Crippen LogP) is 5.10. The fraction of sp³-hybridized carbons (Fsp3) is 0.0690. The van der Waals surface area contributed by atoms with E-state index < -0.39 is 22.0 Å². The average Bonchev–Trinajstić information content (AvgIpc) is 3.42. The molecule has 0 aliphatic heterocycles. The van der Waals surface area contributed by atoms with Gasteiger partial charge < -0.3 is 4.98 Å². The lowest BCUT2D eigenvalue weighted by molar-refractivity contribution is 0.102. The first-order chi connectivity index (χ1) is 18.4. The molecular formula is C29H25N5O3S. The summed E-state index contributed by atoms with van der Waals surface area (Å²) in [5.74, 6) is -0.223. The van der Waals surface area contributed by atoms with E-state index in [9.17, 15) is 13.2 Å². The summed E-state index contributed by atoms with van der Waals surface area (Å²) < 4.78 is 29.9. The molecule has 8 nitrogen and oxygen atoms in total. The number of pyridine rings is 1. The van der Waals surface area contributed by atoms with Crippen LogP contribution in [0.3, 0.4) is 0 Å². The molecule has 0 fully saturated rings. The third-order valence-electron chi connectivity index (χ3n) is 6.10. The van der Waals surface area contributed by atoms with Gasteiger partial charge in [-0.25, -0.2) is 13.4 Å². The Kier molecular flexibility index (Phi) is 7.12. The van der Waals surface area contributed by atoms with Crippen LogP contribution in [0.15, 0.2) is 114 Å². The fourth-order valence-corrected chi connectivity index (χ4v) is 5.33. The van der Waals surface area contributed by atoms with Crippen LogP contribution in [-0.4, -0.2) is 29.3 Å². The molecule has 5 rings (SSSR count). The Morgan fingerprint density at radius 1 is 0.868 bits per heavy atom. The number of imidazole rings is 1. The molecule has 0 aliphatic carbocycles. The number of nitrogens with zero attached hydrogens (tertiary/aromatic N) is 2. The van der Waals surface area contributed by atoms with Crippen LogP contribution in [0.25, 0.3) is 11.3 Å². The highest BCUT2D eigenvalue weighted by Crippen LogP contribution is 2.26. The number of sulfonamides is 1. The van der Waals surface area contributed by atoms with Gasteiger partial charge in [-0.1, -0.05) is 66.7 Å². The van der Waals surface area contributed by atoms with E-state index in [2.05, 4.69) is 25.0 Å². The summed E-state index contributed by atoms with van der Waals surface area (Å²) >= 11 is 0. The van der Waals surface area contributed by atoms with Crippen LogP contribution in [0.5, 0.6) is 0 Å². The van der Waals surface area contributed by atoms with Crippen LogP contribution in [-0.2, 0) is 10.0 Å². The number of aryl methyl sites for hydroxylation is 1. The summed E-state index contributed by atoms with van der Waals surface area (Å²) in [4.78, 5) is 24.4. The summed E-state index contributed by atoms with van der Waals surface area (Å²) in [7, 11) is -3.99. The smallest absolute Gasteiger partial charge is 0.258 e. The minimum atomic E-state index is -3.99. The van der Waals surface area contributed by atoms with E-state index in [0.29, 0.717) is 11.3 Å². The largest absolute Gasteiger partial charge is 0.324 e. The Morgan fingerprint density at radius 3 is 2.13 bits per heavy atom. The van der Waals surface area contributed by atoms with Crippen molar-refractivity contribution in [3.05, 3.63) is 132 Å². The molecule has 2 aromatic heterocycles. The van der Waals surface area contributed by atoms with Gasteiger partial charge in [0.05, 0.1) is 22.8 Å². The van der Waals surface area contributed by atoms with E-state index >= 15 is 0 Å². The van der Waals surface area contributed by atoms with Crippen molar-refractivity contribution in [2.45, 2.75) is 17.9 Å². The molecule has 0 saturated carbocycles. The molecule has 0 atom stereocenters. The zero-order valence-corrected chi connectivity index (χ0v) is 21.3. The molecule has 9 heteroatoms. The molecule has 2 heterocycles. The van der Waals surface area contributed by atoms with Crippen molar-refractivity contribution in [1.82, 2.24) is 19.7 Å². The highest BCUT2D eigenvalue weighted by molar-refractivity contribution is 7.89. The minimum absolute atomic E-state index is 0.0120. The Balaban J connectivity index is 1.40. The number of amides is 1. The van der Waals surface area contributed by atoms with Gasteiger partial charge in [-0.15, -0.1) is 0 Å². The average molecular weight is 524 g/mol. The highest BCUT2D eigenvalue weighted by Gasteiger charge is 2.24. The number of carbonyl (C=O) groups is 1. The van der Waals surface area contributed by atoms with Crippen LogP contribution >= 0.6 is 0 Å². The normalized spacial score (nSPS) is 11.4. The molecule has 0 aliphatic rings. The lowest BCUT2D eigenvalue weighted by atomic mass is 10.00. The first-order valence-electron chi connectivity index (χ1n) is 11.9. The molecule has 1 amide bonds. The monoisotopic (exact) mass is 523 g/mol. The number of anilines is 1. The standard InChI is InChI=1S/C29H25N5O3S/c1-20-12-13-24(18-25(20)28(35)33-29-31-19-26(32-29)21-14-16-30-17-15-21)38(36,37)34-27(22-8-4-2-5-9-22)23-10-6-3-7-11-23/h2-19,27,34H,1H3,(H2,31,32,33,35). The van der Waals surface area contributed by atoms with Gasteiger partial charge in [0.2, 0.25) is 16.0 Å². The molecule has 3 N–H and O–H groups in total. The van der Waals surface area contributed by atoms with E-state index in [1.54, 1.807) is 31.6 Å². The lowest BCUT2D eigenvalue weighted by Crippen LogP contribution is -2.29. The molecular weight excluding hydrogens is 498 g/mol. The van der Waals surface area contributed by atoms with E-state index in [4.69, 9.17) is 0 Å². The number of H-pyrrole nitrogens is 1. The molecule has 0 bridgehead atoms. The summed E-state index contributed by atoms with van der Waals surface area (Å²) in [5, 5.41) is 2.72. The van der Waals surface area contributed by atoms with Gasteiger partial charge in [0, 0.05) is 23.5 Å². The summed E-state index contributed by atoms with van der Waals surface area (Å²) in [6, 6.07) is 26.2. The number of nitrogens with one attached hydrogen (secondary N) is 3. The number of rotatable bonds is 8. The summed E-state index contributed by atoms with van der Waals surface area (Å²) in [6.45, 7) is 1.75. The first-order valence-corrected chi connectivity index (χ1v) is 13.4. The van der Waals surface area contributed by atoms with Gasteiger partial charge in [-0.3, -0.25) is 15.1 Å². The van der Waals surface area contributed by atoms with Crippen molar-refractivity contribution >= 4 is 21.9 Å². The maximum absolute atomic E-state index is 13.5. The fourth-order valence-electron chi connectivity index (χ4n) is 4.09. The number of hydrogen-bond acceptors (Lipinski definition) is 5. The van der Waals surface area contributed by atoms with Crippen LogP contribution in [0.4, 0.5) is 5.95 Å². The lowest BCUT2D eigenvalue weighted by Gasteiger charge is -2.20. The van der Waals surface area contributed by atoms with Crippen molar-refractivity contribution in [2.24, 2.45) is 0 Å². The molecule has 3 aromatic carbocycles. The van der Waals surface area contributed by atoms with Crippen molar-refractivity contribution < 1.29 is 13.2 Å². The van der Waals surface area contributed by atoms with Crippen LogP contribution in [0.1, 0.15) is 33.1 Å². The molecule has 0 saturated heterocycles. The summed E-state index contributed by atoms with van der Waals surface area (Å²) in [5.41, 5.74) is 4.05. The van der Waals surface area contributed by atoms with Crippen molar-refractivity contribution in [2.75, 3.05) is 5.32 Å². The van der Waals surface area contributed by atoms with Crippen LogP contribution in [0.2, 0.25) is 0 Å². The number of benzene rings is 3. The summed E-state index contributed by atoms with van der Waals surface area (Å²) in [6.07, 6.45) is 4.94. The molecule has 190 valence electrons. The van der Waals surface area contributed by atoms with Gasteiger partial charge in [0.25, 0.3) is 5.91 Å². The number of aromatic nitrogens is 3. The number of carbonyl (C=O) groups excluding carboxylic acids is 1. The zero-order chi connectivity index (χ0) is 26.5. The van der Waals surface area contributed by atoms with E-state index in [0.717, 1.165) is 16.7 Å². The first kappa shape index (κ1) is 25.1. The molecule has 0 radical (unpaired) electrons. The topological polar surface area (TPSA) is 117 Å². The van der Waals surface area contributed by atoms with Gasteiger partial charge in [-0.05, 0) is 47.9 Å². The maximum Gasteiger partial charge on any atom is 0.258 e. The zero-order valence-electron chi connectivity index (χ0n) is 20.5. The van der Waals surface area contributed by atoms with Crippen LogP contribution in [0, 0.1) is 6.92 Å². The minimum Gasteiger partial charge on any atom is -0.324 e. The SMILES string of the molecule is Cc1ccc(S(=O)(=O)NC(c2ccccc2)c2ccccc2)cc1C(=O)Nc1ncc(-c2ccncc2)[nH]1. The number of aromatic amines is 1. The predicted molar refractivity (Wildman–Crippen MR) is 146 cm³/mol. The van der Waals surface area contributed by atoms with E-state index in [1.807, 2.05) is 72.8 Å². The van der Waals surface area contributed by atoms with Crippen molar-refractivity contribution in [3.8, 4) is 11.3 Å². The second-order valence-corrected chi connectivity index (χ2v) is 10.4. The number of hydrogen-bond donors (Lipinski definition) is 3. The maximum atomic E-state index is 13.5. The Bertz CT molecular complexity index is 1620. The van der Waals surface area contributed by atoms with Crippen LogP contribution < -0.4 is 10.0 Å². The van der Waals surface area contributed by atoms with Gasteiger partial charge in [0.1, 0.15) is 0 Å². The van der Waals surface area contributed by atoms with Gasteiger partial charge in [-0.2, -0.15) is 4.72 Å². The third-order valence-corrected chi connectivity index (χ3v) is 7.52.